The summed E-state index contributed by atoms with van der Waals surface area (Å²) in [4.78, 5) is 15.2. The van der Waals surface area contributed by atoms with Crippen LogP contribution in [-0.2, 0) is 27.7 Å². The standard InChI is InChI=1S/C26H27ClN2O4S/c1-19-16-21-10-6-7-11-24(21)29(19)26(30)18-28(15-14-20-8-4-3-5-9-20)34(31,32)22-12-13-25(33-2)23(27)17-22/h3-13,17,19H,14-16,18H2,1-2H3. The summed E-state index contributed by atoms with van der Waals surface area (Å²) in [7, 11) is -2.52. The van der Waals surface area contributed by atoms with Gasteiger partial charge in [0.1, 0.15) is 5.75 Å². The molecule has 0 saturated heterocycles. The van der Waals surface area contributed by atoms with Crippen LogP contribution in [0.4, 0.5) is 5.69 Å². The van der Waals surface area contributed by atoms with Gasteiger partial charge in [-0.05, 0) is 55.2 Å². The first-order chi connectivity index (χ1) is 16.3. The number of sulfonamides is 1. The number of methoxy groups -OCH3 is 1. The molecule has 6 nitrogen and oxygen atoms in total. The van der Waals surface area contributed by atoms with Gasteiger partial charge in [-0.3, -0.25) is 4.79 Å². The van der Waals surface area contributed by atoms with Crippen molar-refractivity contribution in [3.63, 3.8) is 0 Å². The average molecular weight is 499 g/mol. The molecule has 4 rings (SSSR count). The van der Waals surface area contributed by atoms with E-state index >= 15 is 0 Å². The van der Waals surface area contributed by atoms with Gasteiger partial charge in [0.05, 0.1) is 23.6 Å². The van der Waals surface area contributed by atoms with Crippen molar-refractivity contribution in [3.8, 4) is 5.75 Å². The van der Waals surface area contributed by atoms with Crippen LogP contribution < -0.4 is 9.64 Å². The molecule has 0 aromatic heterocycles. The molecule has 0 N–H and O–H groups in total. The van der Waals surface area contributed by atoms with Crippen LogP contribution >= 0.6 is 11.6 Å². The Labute approximate surface area is 205 Å². The normalized spacial score (nSPS) is 15.4. The molecule has 34 heavy (non-hydrogen) atoms. The highest BCUT2D eigenvalue weighted by Crippen LogP contribution is 2.33. The second-order valence-electron chi connectivity index (χ2n) is 8.32. The molecule has 0 radical (unpaired) electrons. The second kappa shape index (κ2) is 10.2. The molecule has 3 aromatic carbocycles. The number of hydrogen-bond acceptors (Lipinski definition) is 4. The fourth-order valence-corrected chi connectivity index (χ4v) is 6.05. The fraction of sp³-hybridized carbons (Fsp3) is 0.269. The summed E-state index contributed by atoms with van der Waals surface area (Å²) in [5, 5.41) is 0.194. The Kier molecular flexibility index (Phi) is 7.26. The first kappa shape index (κ1) is 24.3. The zero-order valence-electron chi connectivity index (χ0n) is 19.1. The fourth-order valence-electron chi connectivity index (χ4n) is 4.31. The molecule has 0 fully saturated rings. The number of carbonyl (C=O) groups is 1. The largest absolute Gasteiger partial charge is 0.495 e. The number of hydrogen-bond donors (Lipinski definition) is 0. The molecule has 1 unspecified atom stereocenters. The van der Waals surface area contributed by atoms with Crippen molar-refractivity contribution in [2.45, 2.75) is 30.7 Å². The Hall–Kier alpha value is -2.87. The number of amides is 1. The maximum Gasteiger partial charge on any atom is 0.243 e. The molecule has 0 spiro atoms. The zero-order chi connectivity index (χ0) is 24.3. The number of fused-ring (bicyclic) bond motifs is 1. The maximum absolute atomic E-state index is 13.6. The number of halogens is 1. The van der Waals surface area contributed by atoms with E-state index in [1.165, 1.54) is 29.6 Å². The molecule has 1 heterocycles. The van der Waals surface area contributed by atoms with E-state index in [1.54, 1.807) is 4.90 Å². The topological polar surface area (TPSA) is 66.9 Å². The SMILES string of the molecule is COc1ccc(S(=O)(=O)N(CCc2ccccc2)CC(=O)N2c3ccccc3CC2C)cc1Cl. The smallest absolute Gasteiger partial charge is 0.243 e. The number of anilines is 1. The molecule has 1 amide bonds. The first-order valence-electron chi connectivity index (χ1n) is 11.1. The lowest BCUT2D eigenvalue weighted by Gasteiger charge is -2.27. The summed E-state index contributed by atoms with van der Waals surface area (Å²) < 4.78 is 33.7. The van der Waals surface area contributed by atoms with Crippen molar-refractivity contribution in [1.29, 1.82) is 0 Å². The molecule has 178 valence electrons. The van der Waals surface area contributed by atoms with Crippen molar-refractivity contribution in [2.24, 2.45) is 0 Å². The van der Waals surface area contributed by atoms with Crippen LogP contribution in [0, 0.1) is 0 Å². The van der Waals surface area contributed by atoms with E-state index in [0.717, 1.165) is 23.2 Å². The highest BCUT2D eigenvalue weighted by Gasteiger charge is 2.34. The van der Waals surface area contributed by atoms with Gasteiger partial charge in [-0.1, -0.05) is 60.1 Å². The number of nitrogens with zero attached hydrogens (tertiary/aromatic N) is 2. The van der Waals surface area contributed by atoms with Gasteiger partial charge in [-0.25, -0.2) is 8.42 Å². The van der Waals surface area contributed by atoms with Crippen LogP contribution in [0.5, 0.6) is 5.75 Å². The van der Waals surface area contributed by atoms with Crippen LogP contribution in [0.3, 0.4) is 0 Å². The summed E-state index contributed by atoms with van der Waals surface area (Å²) in [6, 6.07) is 21.6. The lowest BCUT2D eigenvalue weighted by atomic mass is 10.1. The first-order valence-corrected chi connectivity index (χ1v) is 12.9. The van der Waals surface area contributed by atoms with Gasteiger partial charge < -0.3 is 9.64 Å². The molecular formula is C26H27ClN2O4S. The molecule has 1 aliphatic heterocycles. The second-order valence-corrected chi connectivity index (χ2v) is 10.7. The van der Waals surface area contributed by atoms with Crippen LogP contribution in [0.1, 0.15) is 18.1 Å². The summed E-state index contributed by atoms with van der Waals surface area (Å²) >= 11 is 6.21. The monoisotopic (exact) mass is 498 g/mol. The van der Waals surface area contributed by atoms with Crippen molar-refractivity contribution >= 4 is 33.2 Å². The highest BCUT2D eigenvalue weighted by molar-refractivity contribution is 7.89. The predicted molar refractivity (Wildman–Crippen MR) is 134 cm³/mol. The van der Waals surface area contributed by atoms with Crippen molar-refractivity contribution < 1.29 is 17.9 Å². The van der Waals surface area contributed by atoms with Gasteiger partial charge in [0.15, 0.2) is 0 Å². The van der Waals surface area contributed by atoms with E-state index in [0.29, 0.717) is 12.2 Å². The Morgan fingerprint density at radius 1 is 1.09 bits per heavy atom. The quantitative estimate of drug-likeness (QED) is 0.456. The minimum atomic E-state index is -3.99. The molecule has 3 aromatic rings. The molecule has 1 atom stereocenters. The molecule has 0 saturated carbocycles. The molecule has 0 aliphatic carbocycles. The van der Waals surface area contributed by atoms with Crippen molar-refractivity contribution in [1.82, 2.24) is 4.31 Å². The lowest BCUT2D eigenvalue weighted by Crippen LogP contribution is -2.45. The average Bonchev–Trinajstić information content (AvgIpc) is 3.17. The van der Waals surface area contributed by atoms with E-state index in [1.807, 2.05) is 61.5 Å². The third-order valence-electron chi connectivity index (χ3n) is 6.04. The van der Waals surface area contributed by atoms with Crippen LogP contribution in [-0.4, -0.2) is 44.9 Å². The molecule has 0 bridgehead atoms. The van der Waals surface area contributed by atoms with Crippen LogP contribution in [0.2, 0.25) is 5.02 Å². The van der Waals surface area contributed by atoms with Gasteiger partial charge in [0, 0.05) is 18.3 Å². The summed E-state index contributed by atoms with van der Waals surface area (Å²) in [6.45, 7) is 1.87. The third-order valence-corrected chi connectivity index (χ3v) is 8.18. The summed E-state index contributed by atoms with van der Waals surface area (Å²) in [5.41, 5.74) is 2.92. The Bertz CT molecular complexity index is 1280. The Balaban J connectivity index is 1.64. The van der Waals surface area contributed by atoms with Gasteiger partial charge in [-0.2, -0.15) is 4.31 Å². The van der Waals surface area contributed by atoms with E-state index in [9.17, 15) is 13.2 Å². The third kappa shape index (κ3) is 4.97. The van der Waals surface area contributed by atoms with Crippen LogP contribution in [0.15, 0.2) is 77.7 Å². The molecule has 8 heteroatoms. The Morgan fingerprint density at radius 2 is 1.79 bits per heavy atom. The summed E-state index contributed by atoms with van der Waals surface area (Å²) in [6.07, 6.45) is 1.22. The van der Waals surface area contributed by atoms with E-state index in [4.69, 9.17) is 16.3 Å². The van der Waals surface area contributed by atoms with E-state index < -0.39 is 10.0 Å². The van der Waals surface area contributed by atoms with Crippen molar-refractivity contribution in [3.05, 3.63) is 88.9 Å². The van der Waals surface area contributed by atoms with E-state index in [-0.39, 0.29) is 35.0 Å². The number of para-hydroxylation sites is 1. The molecular weight excluding hydrogens is 472 g/mol. The predicted octanol–water partition coefficient (Wildman–Crippen LogP) is 4.56. The van der Waals surface area contributed by atoms with Crippen molar-refractivity contribution in [2.75, 3.05) is 25.1 Å². The zero-order valence-corrected chi connectivity index (χ0v) is 20.7. The highest BCUT2D eigenvalue weighted by atomic mass is 35.5. The Morgan fingerprint density at radius 3 is 2.50 bits per heavy atom. The van der Waals surface area contributed by atoms with E-state index in [2.05, 4.69) is 0 Å². The number of ether oxygens (including phenoxy) is 1. The maximum atomic E-state index is 13.6. The van der Waals surface area contributed by atoms with Gasteiger partial charge in [-0.15, -0.1) is 0 Å². The lowest BCUT2D eigenvalue weighted by molar-refractivity contribution is -0.119. The van der Waals surface area contributed by atoms with Gasteiger partial charge >= 0.3 is 0 Å². The minimum absolute atomic E-state index is 0.0223. The number of carbonyl (C=O) groups excluding carboxylic acids is 1. The van der Waals surface area contributed by atoms with Gasteiger partial charge in [0.2, 0.25) is 15.9 Å². The number of rotatable bonds is 8. The summed E-state index contributed by atoms with van der Waals surface area (Å²) in [5.74, 6) is 0.128. The minimum Gasteiger partial charge on any atom is -0.495 e. The van der Waals surface area contributed by atoms with Crippen LogP contribution in [0.25, 0.3) is 0 Å². The number of benzene rings is 3. The molecule has 1 aliphatic rings. The van der Waals surface area contributed by atoms with Gasteiger partial charge in [0.25, 0.3) is 0 Å².